The first-order chi connectivity index (χ1) is 10.5. The molecule has 0 aromatic heterocycles. The topological polar surface area (TPSA) is 37.3 Å². The molecule has 1 N–H and O–H groups in total. The molecule has 3 saturated carbocycles. The highest BCUT2D eigenvalue weighted by molar-refractivity contribution is 14.1. The van der Waals surface area contributed by atoms with Crippen LogP contribution < -0.4 is 0 Å². The van der Waals surface area contributed by atoms with Crippen molar-refractivity contribution in [1.29, 1.82) is 0 Å². The van der Waals surface area contributed by atoms with Crippen LogP contribution in [-0.2, 0) is 4.79 Å². The molecule has 4 rings (SSSR count). The summed E-state index contributed by atoms with van der Waals surface area (Å²) in [5, 5.41) is 10.5. The SMILES string of the molecule is C[C@]12CCC3C(CCC4=CC(=O)CC[C@@]43CI)C1CC[C@@H]2O. The number of halogens is 1. The summed E-state index contributed by atoms with van der Waals surface area (Å²) in [4.78, 5) is 11.9. The smallest absolute Gasteiger partial charge is 0.155 e. The van der Waals surface area contributed by atoms with E-state index in [0.29, 0.717) is 17.1 Å². The lowest BCUT2D eigenvalue weighted by Gasteiger charge is -2.58. The second-order valence-electron chi connectivity index (χ2n) is 8.48. The Morgan fingerprint density at radius 2 is 2.00 bits per heavy atom. The summed E-state index contributed by atoms with van der Waals surface area (Å²) in [5.41, 5.74) is 1.94. The zero-order valence-corrected chi connectivity index (χ0v) is 15.6. The Hall–Kier alpha value is 0.1000. The molecule has 3 fully saturated rings. The average molecular weight is 414 g/mol. The van der Waals surface area contributed by atoms with Gasteiger partial charge in [0, 0.05) is 16.3 Å². The zero-order valence-electron chi connectivity index (χ0n) is 13.5. The van der Waals surface area contributed by atoms with E-state index in [9.17, 15) is 9.90 Å². The molecular formula is C19H27IO2. The second-order valence-corrected chi connectivity index (χ2v) is 9.24. The number of aliphatic hydroxyl groups is 1. The fraction of sp³-hybridized carbons (Fsp3) is 0.842. The minimum Gasteiger partial charge on any atom is -0.393 e. The van der Waals surface area contributed by atoms with E-state index in [2.05, 4.69) is 29.5 Å². The first-order valence-corrected chi connectivity index (χ1v) is 10.5. The van der Waals surface area contributed by atoms with E-state index >= 15 is 0 Å². The maximum Gasteiger partial charge on any atom is 0.155 e. The average Bonchev–Trinajstić information content (AvgIpc) is 2.82. The summed E-state index contributed by atoms with van der Waals surface area (Å²) in [6.45, 7) is 2.35. The van der Waals surface area contributed by atoms with Crippen LogP contribution in [0, 0.1) is 28.6 Å². The molecule has 6 atom stereocenters. The maximum atomic E-state index is 11.9. The molecule has 2 nitrogen and oxygen atoms in total. The van der Waals surface area contributed by atoms with Gasteiger partial charge in [0.05, 0.1) is 6.10 Å². The third kappa shape index (κ3) is 1.96. The normalized spacial score (nSPS) is 50.9. The minimum atomic E-state index is -0.0844. The van der Waals surface area contributed by atoms with Crippen molar-refractivity contribution < 1.29 is 9.90 Å². The number of carbonyl (C=O) groups is 1. The van der Waals surface area contributed by atoms with Crippen LogP contribution in [0.25, 0.3) is 0 Å². The highest BCUT2D eigenvalue weighted by Gasteiger charge is 2.59. The Kier molecular flexibility index (Phi) is 3.76. The van der Waals surface area contributed by atoms with Gasteiger partial charge < -0.3 is 5.11 Å². The van der Waals surface area contributed by atoms with Crippen LogP contribution in [0.2, 0.25) is 0 Å². The van der Waals surface area contributed by atoms with Gasteiger partial charge in [0.1, 0.15) is 0 Å². The number of aliphatic hydroxyl groups excluding tert-OH is 1. The van der Waals surface area contributed by atoms with Gasteiger partial charge in [0.15, 0.2) is 5.78 Å². The molecule has 4 aliphatic rings. The van der Waals surface area contributed by atoms with Crippen LogP contribution >= 0.6 is 22.6 Å². The summed E-state index contributed by atoms with van der Waals surface area (Å²) in [6.07, 6.45) is 10.8. The summed E-state index contributed by atoms with van der Waals surface area (Å²) in [5.74, 6) is 2.59. The number of ketones is 1. The first-order valence-electron chi connectivity index (χ1n) is 8.99. The first kappa shape index (κ1) is 15.6. The highest BCUT2D eigenvalue weighted by atomic mass is 127. The predicted molar refractivity (Wildman–Crippen MR) is 95.9 cm³/mol. The number of alkyl halides is 1. The molecule has 3 unspecified atom stereocenters. The van der Waals surface area contributed by atoms with Gasteiger partial charge >= 0.3 is 0 Å². The Bertz CT molecular complexity index is 528. The Morgan fingerprint density at radius 3 is 2.77 bits per heavy atom. The Balaban J connectivity index is 1.71. The maximum absolute atomic E-state index is 11.9. The van der Waals surface area contributed by atoms with E-state index in [0.717, 1.165) is 41.9 Å². The molecule has 0 heterocycles. The molecule has 0 amide bonds. The highest BCUT2D eigenvalue weighted by Crippen LogP contribution is 2.65. The Morgan fingerprint density at radius 1 is 1.18 bits per heavy atom. The van der Waals surface area contributed by atoms with Crippen molar-refractivity contribution in [3.63, 3.8) is 0 Å². The number of carbonyl (C=O) groups excluding carboxylic acids is 1. The van der Waals surface area contributed by atoms with Gasteiger partial charge in [-0.2, -0.15) is 0 Å². The molecule has 0 aliphatic heterocycles. The summed E-state index contributed by atoms with van der Waals surface area (Å²) < 4.78 is 1.16. The molecule has 0 spiro atoms. The summed E-state index contributed by atoms with van der Waals surface area (Å²) in [6, 6.07) is 0. The molecule has 122 valence electrons. The quantitative estimate of drug-likeness (QED) is 0.514. The Labute approximate surface area is 147 Å². The van der Waals surface area contributed by atoms with Crippen molar-refractivity contribution >= 4 is 28.4 Å². The second kappa shape index (κ2) is 5.30. The molecule has 0 aromatic rings. The number of hydrogen-bond donors (Lipinski definition) is 1. The molecule has 22 heavy (non-hydrogen) atoms. The van der Waals surface area contributed by atoms with Crippen LogP contribution in [-0.4, -0.2) is 21.4 Å². The summed E-state index contributed by atoms with van der Waals surface area (Å²) in [7, 11) is 0. The van der Waals surface area contributed by atoms with E-state index in [1.807, 2.05) is 6.08 Å². The summed E-state index contributed by atoms with van der Waals surface area (Å²) >= 11 is 2.57. The van der Waals surface area contributed by atoms with Crippen LogP contribution in [0.15, 0.2) is 11.6 Å². The van der Waals surface area contributed by atoms with E-state index in [1.165, 1.54) is 31.3 Å². The fourth-order valence-electron chi connectivity index (χ4n) is 6.58. The van der Waals surface area contributed by atoms with Crippen LogP contribution in [0.4, 0.5) is 0 Å². The van der Waals surface area contributed by atoms with Crippen molar-refractivity contribution in [2.75, 3.05) is 4.43 Å². The lowest BCUT2D eigenvalue weighted by Crippen LogP contribution is -2.52. The van der Waals surface area contributed by atoms with Gasteiger partial charge in [-0.1, -0.05) is 35.1 Å². The largest absolute Gasteiger partial charge is 0.393 e. The van der Waals surface area contributed by atoms with Crippen molar-refractivity contribution in [2.24, 2.45) is 28.6 Å². The number of allylic oxidation sites excluding steroid dienone is 1. The lowest BCUT2D eigenvalue weighted by atomic mass is 9.47. The zero-order chi connectivity index (χ0) is 15.5. The van der Waals surface area contributed by atoms with Gasteiger partial charge in [0.25, 0.3) is 0 Å². The molecule has 3 heteroatoms. The van der Waals surface area contributed by atoms with E-state index in [1.54, 1.807) is 0 Å². The van der Waals surface area contributed by atoms with Crippen LogP contribution in [0.3, 0.4) is 0 Å². The molecule has 0 radical (unpaired) electrons. The van der Waals surface area contributed by atoms with Crippen LogP contribution in [0.1, 0.15) is 58.3 Å². The van der Waals surface area contributed by atoms with Gasteiger partial charge in [-0.3, -0.25) is 4.79 Å². The van der Waals surface area contributed by atoms with E-state index in [4.69, 9.17) is 0 Å². The van der Waals surface area contributed by atoms with Gasteiger partial charge in [-0.15, -0.1) is 0 Å². The van der Waals surface area contributed by atoms with Crippen molar-refractivity contribution in [3.8, 4) is 0 Å². The lowest BCUT2D eigenvalue weighted by molar-refractivity contribution is -0.117. The van der Waals surface area contributed by atoms with Crippen molar-refractivity contribution in [3.05, 3.63) is 11.6 Å². The monoisotopic (exact) mass is 414 g/mol. The molecular weight excluding hydrogens is 387 g/mol. The number of hydrogen-bond acceptors (Lipinski definition) is 2. The number of rotatable bonds is 1. The van der Waals surface area contributed by atoms with Crippen molar-refractivity contribution in [1.82, 2.24) is 0 Å². The minimum absolute atomic E-state index is 0.0844. The fourth-order valence-corrected chi connectivity index (χ4v) is 8.02. The van der Waals surface area contributed by atoms with Crippen molar-refractivity contribution in [2.45, 2.75) is 64.4 Å². The van der Waals surface area contributed by atoms with E-state index in [-0.39, 0.29) is 11.5 Å². The third-order valence-electron chi connectivity index (χ3n) is 7.87. The number of fused-ring (bicyclic) bond motifs is 5. The molecule has 4 aliphatic carbocycles. The van der Waals surface area contributed by atoms with Gasteiger partial charge in [-0.25, -0.2) is 0 Å². The van der Waals surface area contributed by atoms with Gasteiger partial charge in [-0.05, 0) is 74.2 Å². The molecule has 0 bridgehead atoms. The van der Waals surface area contributed by atoms with Crippen LogP contribution in [0.5, 0.6) is 0 Å². The van der Waals surface area contributed by atoms with Gasteiger partial charge in [0.2, 0.25) is 0 Å². The standard InChI is InChI=1S/C19H27IO2/c1-18-8-7-16-14(15(18)4-5-17(18)22)3-2-12-10-13(21)6-9-19(12,16)11-20/h10,14-17,22H,2-9,11H2,1H3/t14?,15?,16?,17-,18-,19+/m0/s1. The molecule has 0 saturated heterocycles. The molecule has 0 aromatic carbocycles. The third-order valence-corrected chi connectivity index (χ3v) is 9.24. The van der Waals surface area contributed by atoms with E-state index < -0.39 is 0 Å². The predicted octanol–water partition coefficient (Wildman–Crippen LogP) is 4.29.